The van der Waals surface area contributed by atoms with Crippen molar-refractivity contribution in [2.24, 2.45) is 0 Å². The van der Waals surface area contributed by atoms with Crippen LogP contribution >= 0.6 is 11.3 Å². The van der Waals surface area contributed by atoms with E-state index in [-0.39, 0.29) is 27.6 Å². The second-order valence-corrected chi connectivity index (χ2v) is 7.59. The Morgan fingerprint density at radius 3 is 2.47 bits per heavy atom. The van der Waals surface area contributed by atoms with Crippen LogP contribution in [0.2, 0.25) is 0 Å². The predicted octanol–water partition coefficient (Wildman–Crippen LogP) is 6.35. The second-order valence-electron chi connectivity index (χ2n) is 6.54. The third-order valence-corrected chi connectivity index (χ3v) is 5.45. The fraction of sp³-hybridized carbons (Fsp3) is 0.190. The van der Waals surface area contributed by atoms with Crippen LogP contribution in [0.5, 0.6) is 5.75 Å². The maximum absolute atomic E-state index is 13.4. The Labute approximate surface area is 184 Å². The maximum Gasteiger partial charge on any atom is 0.416 e. The number of hydrogen-bond donors (Lipinski definition) is 1. The lowest BCUT2D eigenvalue weighted by Gasteiger charge is -2.19. The average Bonchev–Trinajstić information content (AvgIpc) is 3.14. The lowest BCUT2D eigenvalue weighted by atomic mass is 10.0. The molecule has 0 amide bonds. The summed E-state index contributed by atoms with van der Waals surface area (Å²) in [5.74, 6) is -0.760. The number of carbonyl (C=O) groups excluding carboxylic acids is 1. The number of ether oxygens (including phenoxy) is 2. The number of hydrogen-bond acceptors (Lipinski definition) is 7. The Bertz CT molecular complexity index is 1150. The van der Waals surface area contributed by atoms with Crippen molar-refractivity contribution in [3.05, 3.63) is 80.7 Å². The van der Waals surface area contributed by atoms with Gasteiger partial charge in [-0.2, -0.15) is 13.2 Å². The van der Waals surface area contributed by atoms with Crippen molar-refractivity contribution in [1.29, 1.82) is 0 Å². The van der Waals surface area contributed by atoms with Gasteiger partial charge in [0.15, 0.2) is 4.88 Å². The van der Waals surface area contributed by atoms with Crippen LogP contribution in [-0.2, 0) is 10.9 Å². The number of alkyl halides is 3. The Balaban J connectivity index is 1.95. The van der Waals surface area contributed by atoms with Gasteiger partial charge in [0, 0.05) is 17.7 Å². The van der Waals surface area contributed by atoms with Gasteiger partial charge in [0.2, 0.25) is 0 Å². The third kappa shape index (κ3) is 4.99. The number of para-hydroxylation sites is 2. The Morgan fingerprint density at radius 1 is 1.16 bits per heavy atom. The molecule has 11 heteroatoms. The summed E-state index contributed by atoms with van der Waals surface area (Å²) in [6.45, 7) is 1.43. The second kappa shape index (κ2) is 9.27. The van der Waals surface area contributed by atoms with E-state index in [0.717, 1.165) is 24.5 Å². The van der Waals surface area contributed by atoms with Crippen molar-refractivity contribution in [2.45, 2.75) is 19.2 Å². The number of nitro benzene ring substituents is 1. The molecule has 3 aromatic rings. The first-order valence-electron chi connectivity index (χ1n) is 9.17. The van der Waals surface area contributed by atoms with Gasteiger partial charge in [-0.1, -0.05) is 30.3 Å². The zero-order chi connectivity index (χ0) is 23.5. The molecule has 0 saturated heterocycles. The van der Waals surface area contributed by atoms with Crippen LogP contribution in [0, 0.1) is 10.1 Å². The number of halogens is 3. The molecular formula is C21H17F3N2O5S. The summed E-state index contributed by atoms with van der Waals surface area (Å²) in [6, 6.07) is 12.3. The molecule has 3 rings (SSSR count). The summed E-state index contributed by atoms with van der Waals surface area (Å²) >= 11 is 0.899. The number of thiophene rings is 1. The molecule has 1 unspecified atom stereocenters. The van der Waals surface area contributed by atoms with Crippen LogP contribution in [0.25, 0.3) is 0 Å². The molecule has 0 saturated carbocycles. The van der Waals surface area contributed by atoms with Crippen molar-refractivity contribution >= 4 is 33.7 Å². The molecule has 1 atom stereocenters. The molecule has 1 N–H and O–H groups in total. The summed E-state index contributed by atoms with van der Waals surface area (Å²) in [7, 11) is 1.16. The number of methoxy groups -OCH3 is 1. The Morgan fingerprint density at radius 2 is 1.81 bits per heavy atom. The number of carbonyl (C=O) groups is 1. The van der Waals surface area contributed by atoms with Gasteiger partial charge < -0.3 is 14.8 Å². The van der Waals surface area contributed by atoms with E-state index in [0.29, 0.717) is 5.00 Å². The molecule has 1 heterocycles. The van der Waals surface area contributed by atoms with E-state index in [2.05, 4.69) is 5.32 Å². The van der Waals surface area contributed by atoms with E-state index in [1.54, 1.807) is 6.07 Å². The molecule has 7 nitrogen and oxygen atoms in total. The number of rotatable bonds is 7. The molecule has 0 aliphatic rings. The Kier molecular flexibility index (Phi) is 6.68. The number of nitrogens with zero attached hydrogens (tertiary/aromatic N) is 1. The summed E-state index contributed by atoms with van der Waals surface area (Å²) in [6.07, 6.45) is -5.63. The third-order valence-electron chi connectivity index (χ3n) is 4.44. The lowest BCUT2D eigenvalue weighted by molar-refractivity contribution is -0.383. The highest BCUT2D eigenvalue weighted by Gasteiger charge is 2.35. The zero-order valence-electron chi connectivity index (χ0n) is 16.8. The summed E-state index contributed by atoms with van der Waals surface area (Å²) in [5, 5.41) is 14.4. The molecular weight excluding hydrogens is 449 g/mol. The van der Waals surface area contributed by atoms with Gasteiger partial charge in [-0.05, 0) is 19.1 Å². The summed E-state index contributed by atoms with van der Waals surface area (Å²) < 4.78 is 50.6. The quantitative estimate of drug-likeness (QED) is 0.248. The van der Waals surface area contributed by atoms with Gasteiger partial charge in [0.25, 0.3) is 5.69 Å². The van der Waals surface area contributed by atoms with E-state index in [1.807, 2.05) is 0 Å². The normalized spacial score (nSPS) is 12.2. The first-order valence-corrected chi connectivity index (χ1v) is 9.98. The Hall–Kier alpha value is -3.60. The lowest BCUT2D eigenvalue weighted by Crippen LogP contribution is -2.14. The molecule has 0 aliphatic carbocycles. The van der Waals surface area contributed by atoms with Gasteiger partial charge in [-0.3, -0.25) is 10.1 Å². The van der Waals surface area contributed by atoms with Crippen molar-refractivity contribution in [3.63, 3.8) is 0 Å². The molecule has 0 bridgehead atoms. The average molecular weight is 466 g/mol. The summed E-state index contributed by atoms with van der Waals surface area (Å²) in [4.78, 5) is 22.9. The van der Waals surface area contributed by atoms with Crippen LogP contribution in [0.15, 0.2) is 54.6 Å². The van der Waals surface area contributed by atoms with Crippen molar-refractivity contribution in [3.8, 4) is 5.75 Å². The van der Waals surface area contributed by atoms with Gasteiger partial charge in [0.1, 0.15) is 17.5 Å². The molecule has 32 heavy (non-hydrogen) atoms. The van der Waals surface area contributed by atoms with Crippen molar-refractivity contribution < 1.29 is 32.4 Å². The van der Waals surface area contributed by atoms with E-state index in [9.17, 15) is 28.1 Å². The highest BCUT2D eigenvalue weighted by Crippen LogP contribution is 2.41. The zero-order valence-corrected chi connectivity index (χ0v) is 17.6. The minimum absolute atomic E-state index is 0.00456. The molecule has 1 aromatic heterocycles. The number of nitrogens with one attached hydrogen (secondary N) is 1. The van der Waals surface area contributed by atoms with E-state index in [1.165, 1.54) is 49.4 Å². The fourth-order valence-corrected chi connectivity index (χ4v) is 3.91. The first kappa shape index (κ1) is 23.1. The van der Waals surface area contributed by atoms with Crippen LogP contribution in [0.1, 0.15) is 33.8 Å². The molecule has 168 valence electrons. The van der Waals surface area contributed by atoms with Crippen molar-refractivity contribution in [1.82, 2.24) is 0 Å². The van der Waals surface area contributed by atoms with E-state index >= 15 is 0 Å². The highest BCUT2D eigenvalue weighted by atomic mass is 32.1. The van der Waals surface area contributed by atoms with Crippen molar-refractivity contribution in [2.75, 3.05) is 12.4 Å². The van der Waals surface area contributed by atoms with Crippen LogP contribution < -0.4 is 10.1 Å². The van der Waals surface area contributed by atoms with Gasteiger partial charge in [-0.25, -0.2) is 4.79 Å². The topological polar surface area (TPSA) is 90.7 Å². The molecule has 0 aliphatic heterocycles. The molecule has 2 aromatic carbocycles. The number of anilines is 2. The van der Waals surface area contributed by atoms with Crippen LogP contribution in [0.3, 0.4) is 0 Å². The predicted molar refractivity (Wildman–Crippen MR) is 113 cm³/mol. The minimum Gasteiger partial charge on any atom is -0.484 e. The standard InChI is InChI=1S/C21H17F3N2O5S/c1-12(13-7-3-4-8-14(13)21(22,23)24)31-17-11-18(32-19(17)20(27)30-2)25-15-9-5-6-10-16(15)26(28)29/h3-12,25H,1-2H3. The summed E-state index contributed by atoms with van der Waals surface area (Å²) in [5.41, 5.74) is -0.955. The van der Waals surface area contributed by atoms with Crippen LogP contribution in [-0.4, -0.2) is 18.0 Å². The highest BCUT2D eigenvalue weighted by molar-refractivity contribution is 7.18. The number of benzene rings is 2. The maximum atomic E-state index is 13.4. The van der Waals surface area contributed by atoms with Gasteiger partial charge >= 0.3 is 12.1 Å². The van der Waals surface area contributed by atoms with Crippen LogP contribution in [0.4, 0.5) is 29.5 Å². The smallest absolute Gasteiger partial charge is 0.416 e. The monoisotopic (exact) mass is 466 g/mol. The van der Waals surface area contributed by atoms with Gasteiger partial charge in [0.05, 0.1) is 22.6 Å². The number of nitro groups is 1. The molecule has 0 fully saturated rings. The fourth-order valence-electron chi connectivity index (χ4n) is 2.99. The van der Waals surface area contributed by atoms with E-state index in [4.69, 9.17) is 9.47 Å². The SMILES string of the molecule is COC(=O)c1sc(Nc2ccccc2[N+](=O)[O-])cc1OC(C)c1ccccc1C(F)(F)F. The minimum atomic E-state index is -4.58. The molecule has 0 spiro atoms. The number of esters is 1. The first-order chi connectivity index (χ1) is 15.1. The molecule has 0 radical (unpaired) electrons. The largest absolute Gasteiger partial charge is 0.484 e. The van der Waals surface area contributed by atoms with E-state index < -0.39 is 28.7 Å². The van der Waals surface area contributed by atoms with Gasteiger partial charge in [-0.15, -0.1) is 11.3 Å².